The van der Waals surface area contributed by atoms with Crippen molar-refractivity contribution in [3.05, 3.63) is 24.2 Å². The van der Waals surface area contributed by atoms with Crippen LogP contribution in [0.1, 0.15) is 5.69 Å². The summed E-state index contributed by atoms with van der Waals surface area (Å²) in [5.74, 6) is 0.184. The molecule has 2 aromatic heterocycles. The lowest BCUT2D eigenvalue weighted by Crippen LogP contribution is -2.41. The zero-order chi connectivity index (χ0) is 19.1. The van der Waals surface area contributed by atoms with Crippen LogP contribution in [-0.2, 0) is 15.1 Å². The van der Waals surface area contributed by atoms with E-state index in [0.717, 1.165) is 0 Å². The molecule has 2 aromatic rings. The third kappa shape index (κ3) is 2.60. The van der Waals surface area contributed by atoms with Crippen molar-refractivity contribution < 1.29 is 24.5 Å². The maximum Gasteiger partial charge on any atom is 0.409 e. The highest BCUT2D eigenvalue weighted by Crippen LogP contribution is 2.40. The monoisotopic (exact) mass is 362 g/mol. The number of nitrogens with zero attached hydrogens (tertiary/aromatic N) is 5. The Labute approximate surface area is 148 Å². The lowest BCUT2D eigenvalue weighted by Gasteiger charge is -2.24. The van der Waals surface area contributed by atoms with E-state index in [-0.39, 0.29) is 18.1 Å². The summed E-state index contributed by atoms with van der Waals surface area (Å²) in [7, 11) is 3.00. The summed E-state index contributed by atoms with van der Waals surface area (Å²) in [6, 6.07) is 4.99. The smallest absolute Gasteiger partial charge is 0.409 e. The summed E-state index contributed by atoms with van der Waals surface area (Å²) in [6.07, 6.45) is -3.58. The van der Waals surface area contributed by atoms with Crippen molar-refractivity contribution in [2.45, 2.75) is 23.9 Å². The van der Waals surface area contributed by atoms with Gasteiger partial charge in [0.25, 0.3) is 0 Å². The Morgan fingerprint density at radius 3 is 2.92 bits per heavy atom. The van der Waals surface area contributed by atoms with Crippen LogP contribution in [0.25, 0.3) is 5.52 Å². The van der Waals surface area contributed by atoms with E-state index >= 15 is 0 Å². The molecule has 1 aliphatic rings. The molecule has 4 N–H and O–H groups in total. The molecular weight excluding hydrogens is 344 g/mol. The molecule has 11 heteroatoms. The minimum absolute atomic E-state index is 0.178. The van der Waals surface area contributed by atoms with Gasteiger partial charge in [0, 0.05) is 14.1 Å². The van der Waals surface area contributed by atoms with Crippen molar-refractivity contribution in [3.8, 4) is 6.07 Å². The van der Waals surface area contributed by atoms with Crippen LogP contribution in [0.5, 0.6) is 0 Å². The predicted molar refractivity (Wildman–Crippen MR) is 86.6 cm³/mol. The number of hydrogen-bond acceptors (Lipinski definition) is 9. The molecule has 138 valence electrons. The molecule has 0 spiro atoms. The molecule has 3 heterocycles. The first-order valence-electron chi connectivity index (χ1n) is 7.69. The minimum atomic E-state index is -1.91. The summed E-state index contributed by atoms with van der Waals surface area (Å²) >= 11 is 0. The topological polar surface area (TPSA) is 159 Å². The minimum Gasteiger partial charge on any atom is -0.447 e. The second kappa shape index (κ2) is 6.41. The number of nitrogen functional groups attached to an aromatic ring is 1. The van der Waals surface area contributed by atoms with Gasteiger partial charge in [-0.15, -0.1) is 0 Å². The van der Waals surface area contributed by atoms with E-state index in [2.05, 4.69) is 10.1 Å². The standard InChI is InChI=1S/C15H18N6O5/c1-20(2)14(24)25-5-9-11(22)12(23)15(6-16,26-9)10-4-3-8-13(17)18-7-19-21(8)10/h3-4,7,9,11-12,22-23H,5H2,1-2H3,(H2,17,18,19)/t9-,11-,12-,15+/m1/s1. The molecule has 0 aromatic carbocycles. The Hall–Kier alpha value is -2.94. The molecule has 0 aliphatic carbocycles. The van der Waals surface area contributed by atoms with Crippen LogP contribution in [0.3, 0.4) is 0 Å². The van der Waals surface area contributed by atoms with Crippen LogP contribution in [0.4, 0.5) is 10.6 Å². The Balaban J connectivity index is 1.95. The summed E-state index contributed by atoms with van der Waals surface area (Å²) < 4.78 is 12.0. The van der Waals surface area contributed by atoms with Crippen LogP contribution in [-0.4, -0.2) is 74.8 Å². The molecule has 1 saturated heterocycles. The molecule has 0 unspecified atom stereocenters. The van der Waals surface area contributed by atoms with Gasteiger partial charge in [-0.1, -0.05) is 0 Å². The molecule has 0 bridgehead atoms. The maximum atomic E-state index is 11.6. The van der Waals surface area contributed by atoms with Crippen molar-refractivity contribution in [1.82, 2.24) is 19.5 Å². The largest absolute Gasteiger partial charge is 0.447 e. The second-order valence-corrected chi connectivity index (χ2v) is 6.07. The third-order valence-electron chi connectivity index (χ3n) is 4.22. The fourth-order valence-corrected chi connectivity index (χ4v) is 2.83. The Kier molecular flexibility index (Phi) is 4.41. The first-order chi connectivity index (χ1) is 12.3. The average Bonchev–Trinajstić information content (AvgIpc) is 3.15. The van der Waals surface area contributed by atoms with Gasteiger partial charge in [-0.2, -0.15) is 10.4 Å². The van der Waals surface area contributed by atoms with Crippen molar-refractivity contribution in [3.63, 3.8) is 0 Å². The number of ether oxygens (including phenoxy) is 2. The molecule has 0 saturated carbocycles. The van der Waals surface area contributed by atoms with Crippen molar-refractivity contribution in [2.24, 2.45) is 0 Å². The van der Waals surface area contributed by atoms with E-state index in [1.807, 2.05) is 6.07 Å². The van der Waals surface area contributed by atoms with Crippen LogP contribution in [0, 0.1) is 11.3 Å². The average molecular weight is 362 g/mol. The van der Waals surface area contributed by atoms with Gasteiger partial charge in [0.1, 0.15) is 42.8 Å². The first kappa shape index (κ1) is 17.9. The van der Waals surface area contributed by atoms with E-state index < -0.39 is 30.0 Å². The zero-order valence-electron chi connectivity index (χ0n) is 14.1. The number of aliphatic hydroxyl groups is 2. The predicted octanol–water partition coefficient (Wildman–Crippen LogP) is -1.15. The Morgan fingerprint density at radius 2 is 2.27 bits per heavy atom. The maximum absolute atomic E-state index is 11.6. The quantitative estimate of drug-likeness (QED) is 0.612. The summed E-state index contributed by atoms with van der Waals surface area (Å²) in [5, 5.41) is 34.6. The number of anilines is 1. The molecule has 26 heavy (non-hydrogen) atoms. The highest BCUT2D eigenvalue weighted by molar-refractivity contribution is 5.67. The van der Waals surface area contributed by atoms with Crippen LogP contribution >= 0.6 is 0 Å². The van der Waals surface area contributed by atoms with Gasteiger partial charge in [0.15, 0.2) is 5.82 Å². The fourth-order valence-electron chi connectivity index (χ4n) is 2.83. The summed E-state index contributed by atoms with van der Waals surface area (Å²) in [5.41, 5.74) is 4.47. The van der Waals surface area contributed by atoms with E-state index in [1.54, 1.807) is 6.07 Å². The van der Waals surface area contributed by atoms with E-state index in [4.69, 9.17) is 15.2 Å². The second-order valence-electron chi connectivity index (χ2n) is 6.07. The van der Waals surface area contributed by atoms with Crippen molar-refractivity contribution in [2.75, 3.05) is 26.4 Å². The number of nitrogens with two attached hydrogens (primary N) is 1. The number of amides is 1. The lowest BCUT2D eigenvalue weighted by molar-refractivity contribution is -0.0674. The molecule has 11 nitrogen and oxygen atoms in total. The van der Waals surface area contributed by atoms with Gasteiger partial charge in [-0.3, -0.25) is 0 Å². The number of rotatable bonds is 3. The first-order valence-corrected chi connectivity index (χ1v) is 7.69. The van der Waals surface area contributed by atoms with Gasteiger partial charge in [-0.05, 0) is 12.1 Å². The van der Waals surface area contributed by atoms with Gasteiger partial charge < -0.3 is 30.3 Å². The lowest BCUT2D eigenvalue weighted by atomic mass is 9.92. The molecule has 1 fully saturated rings. The van der Waals surface area contributed by atoms with Crippen LogP contribution < -0.4 is 5.73 Å². The summed E-state index contributed by atoms with van der Waals surface area (Å²) in [6.45, 7) is -0.334. The third-order valence-corrected chi connectivity index (χ3v) is 4.22. The van der Waals surface area contributed by atoms with Crippen molar-refractivity contribution >= 4 is 17.4 Å². The Morgan fingerprint density at radius 1 is 1.54 bits per heavy atom. The number of carbonyl (C=O) groups is 1. The SMILES string of the molecule is CN(C)C(=O)OC[C@H]1O[C@@](C#N)(c2ccc3c(N)ncnn23)[C@H](O)[C@@H]1O. The number of carbonyl (C=O) groups excluding carboxylic acids is 1. The van der Waals surface area contributed by atoms with Gasteiger partial charge in [0.05, 0.1) is 5.69 Å². The molecule has 3 rings (SSSR count). The summed E-state index contributed by atoms with van der Waals surface area (Å²) in [4.78, 5) is 16.6. The zero-order valence-corrected chi connectivity index (χ0v) is 14.1. The van der Waals surface area contributed by atoms with Gasteiger partial charge >= 0.3 is 6.09 Å². The van der Waals surface area contributed by atoms with E-state index in [1.165, 1.54) is 35.9 Å². The number of nitriles is 1. The normalized spacial score (nSPS) is 28.0. The molecule has 1 amide bonds. The molecule has 0 radical (unpaired) electrons. The van der Waals surface area contributed by atoms with E-state index in [9.17, 15) is 20.3 Å². The molecule has 4 atom stereocenters. The van der Waals surface area contributed by atoms with E-state index in [0.29, 0.717) is 5.52 Å². The molecule has 1 aliphatic heterocycles. The fraction of sp³-hybridized carbons (Fsp3) is 0.467. The van der Waals surface area contributed by atoms with Crippen molar-refractivity contribution in [1.29, 1.82) is 5.26 Å². The van der Waals surface area contributed by atoms with Crippen LogP contribution in [0.15, 0.2) is 18.5 Å². The highest BCUT2D eigenvalue weighted by Gasteiger charge is 2.57. The highest BCUT2D eigenvalue weighted by atomic mass is 16.6. The molecular formula is C15H18N6O5. The number of aromatic nitrogens is 3. The van der Waals surface area contributed by atoms with Gasteiger partial charge in [-0.25, -0.2) is 14.3 Å². The Bertz CT molecular complexity index is 877. The number of hydrogen-bond donors (Lipinski definition) is 3. The van der Waals surface area contributed by atoms with Crippen LogP contribution in [0.2, 0.25) is 0 Å². The number of aliphatic hydroxyl groups excluding tert-OH is 2. The number of fused-ring (bicyclic) bond motifs is 1. The van der Waals surface area contributed by atoms with Gasteiger partial charge in [0.2, 0.25) is 5.60 Å².